The lowest BCUT2D eigenvalue weighted by molar-refractivity contribution is 0.574. The number of aryl methyl sites for hydroxylation is 2. The molecule has 5 heteroatoms. The second-order valence-electron chi connectivity index (χ2n) is 5.72. The third-order valence-corrected chi connectivity index (χ3v) is 5.73. The van der Waals surface area contributed by atoms with Crippen LogP contribution in [0.3, 0.4) is 0 Å². The van der Waals surface area contributed by atoms with Crippen LogP contribution in [0.5, 0.6) is 0 Å². The average Bonchev–Trinajstić information content (AvgIpc) is 3.16. The number of hydrogen-bond acceptors (Lipinski definition) is 3. The first kappa shape index (κ1) is 15.5. The van der Waals surface area contributed by atoms with Gasteiger partial charge in [-0.05, 0) is 62.8 Å². The van der Waals surface area contributed by atoms with E-state index < -0.39 is 10.0 Å². The minimum absolute atomic E-state index is 0.435. The van der Waals surface area contributed by atoms with Crippen LogP contribution in [0.25, 0.3) is 0 Å². The molecule has 1 aliphatic carbocycles. The van der Waals surface area contributed by atoms with Crippen molar-refractivity contribution in [2.24, 2.45) is 0 Å². The Morgan fingerprint density at radius 3 is 2.10 bits per heavy atom. The van der Waals surface area contributed by atoms with Gasteiger partial charge in [-0.1, -0.05) is 6.07 Å². The largest absolute Gasteiger partial charge is 0.313 e. The van der Waals surface area contributed by atoms with E-state index in [2.05, 4.69) is 10.0 Å². The fourth-order valence-electron chi connectivity index (χ4n) is 2.41. The Hall–Kier alpha value is -0.910. The van der Waals surface area contributed by atoms with Crippen molar-refractivity contribution in [3.63, 3.8) is 0 Å². The molecule has 20 heavy (non-hydrogen) atoms. The van der Waals surface area contributed by atoms with Crippen molar-refractivity contribution in [2.75, 3.05) is 13.1 Å². The maximum absolute atomic E-state index is 12.5. The molecule has 0 atom stereocenters. The Kier molecular flexibility index (Phi) is 4.52. The zero-order chi connectivity index (χ0) is 14.9. The Balaban J connectivity index is 2.15. The van der Waals surface area contributed by atoms with Gasteiger partial charge in [0, 0.05) is 19.1 Å². The van der Waals surface area contributed by atoms with Crippen LogP contribution in [0.15, 0.2) is 11.0 Å². The summed E-state index contributed by atoms with van der Waals surface area (Å²) in [6, 6.07) is 2.64. The summed E-state index contributed by atoms with van der Waals surface area (Å²) in [5, 5.41) is 3.31. The van der Waals surface area contributed by atoms with Crippen molar-refractivity contribution in [2.45, 2.75) is 51.5 Å². The summed E-state index contributed by atoms with van der Waals surface area (Å²) < 4.78 is 27.7. The molecule has 1 aromatic carbocycles. The Morgan fingerprint density at radius 2 is 1.60 bits per heavy atom. The van der Waals surface area contributed by atoms with Gasteiger partial charge in [0.25, 0.3) is 0 Å². The van der Waals surface area contributed by atoms with Gasteiger partial charge < -0.3 is 5.32 Å². The summed E-state index contributed by atoms with van der Waals surface area (Å²) in [5.74, 6) is 0. The van der Waals surface area contributed by atoms with Gasteiger partial charge in [0.2, 0.25) is 10.0 Å². The van der Waals surface area contributed by atoms with E-state index in [9.17, 15) is 8.42 Å². The number of nitrogens with one attached hydrogen (secondary N) is 2. The molecular weight excluding hydrogens is 272 g/mol. The quantitative estimate of drug-likeness (QED) is 0.789. The third-order valence-electron chi connectivity index (χ3n) is 3.99. The van der Waals surface area contributed by atoms with Gasteiger partial charge in [0.05, 0.1) is 4.90 Å². The maximum atomic E-state index is 12.5. The highest BCUT2D eigenvalue weighted by Crippen LogP contribution is 2.25. The molecular formula is C15H24N2O2S. The van der Waals surface area contributed by atoms with Crippen LogP contribution in [0.1, 0.15) is 35.1 Å². The normalized spacial score (nSPS) is 15.6. The van der Waals surface area contributed by atoms with Crippen molar-refractivity contribution in [3.05, 3.63) is 28.3 Å². The van der Waals surface area contributed by atoms with E-state index in [4.69, 9.17) is 0 Å². The summed E-state index contributed by atoms with van der Waals surface area (Å²) >= 11 is 0. The number of rotatable bonds is 6. The van der Waals surface area contributed by atoms with Crippen molar-refractivity contribution < 1.29 is 8.42 Å². The highest BCUT2D eigenvalue weighted by molar-refractivity contribution is 7.89. The highest BCUT2D eigenvalue weighted by atomic mass is 32.2. The summed E-state index contributed by atoms with van der Waals surface area (Å²) in [4.78, 5) is 0.446. The first-order chi connectivity index (χ1) is 9.33. The summed E-state index contributed by atoms with van der Waals surface area (Å²) in [5.41, 5.74) is 3.72. The highest BCUT2D eigenvalue weighted by Gasteiger charge is 2.23. The van der Waals surface area contributed by atoms with E-state index >= 15 is 0 Å². The van der Waals surface area contributed by atoms with Gasteiger partial charge in [-0.25, -0.2) is 13.1 Å². The van der Waals surface area contributed by atoms with Crippen LogP contribution in [0, 0.1) is 27.7 Å². The van der Waals surface area contributed by atoms with E-state index in [1.165, 1.54) is 12.8 Å². The Labute approximate surface area is 122 Å². The SMILES string of the molecule is Cc1cc(C)c(C)c(S(=O)(=O)NCCNC2CC2)c1C. The molecule has 0 saturated heterocycles. The van der Waals surface area contributed by atoms with Gasteiger partial charge >= 0.3 is 0 Å². The molecule has 1 fully saturated rings. The third kappa shape index (κ3) is 3.40. The second-order valence-corrected chi connectivity index (χ2v) is 7.42. The van der Waals surface area contributed by atoms with Crippen molar-refractivity contribution >= 4 is 10.0 Å². The first-order valence-corrected chi connectivity index (χ1v) is 8.61. The topological polar surface area (TPSA) is 58.2 Å². The van der Waals surface area contributed by atoms with E-state index in [1.54, 1.807) is 0 Å². The summed E-state index contributed by atoms with van der Waals surface area (Å²) in [6.07, 6.45) is 2.42. The molecule has 2 rings (SSSR count). The number of sulfonamides is 1. The molecule has 0 aromatic heterocycles. The van der Waals surface area contributed by atoms with Gasteiger partial charge in [-0.15, -0.1) is 0 Å². The maximum Gasteiger partial charge on any atom is 0.241 e. The van der Waals surface area contributed by atoms with Crippen LogP contribution in [0.2, 0.25) is 0 Å². The molecule has 2 N–H and O–H groups in total. The van der Waals surface area contributed by atoms with Gasteiger partial charge in [-0.2, -0.15) is 0 Å². The van der Waals surface area contributed by atoms with E-state index in [0.29, 0.717) is 24.0 Å². The molecule has 0 bridgehead atoms. The molecule has 1 saturated carbocycles. The Morgan fingerprint density at radius 1 is 1.05 bits per heavy atom. The average molecular weight is 296 g/mol. The summed E-state index contributed by atoms with van der Waals surface area (Å²) in [6.45, 7) is 8.78. The van der Waals surface area contributed by atoms with E-state index in [-0.39, 0.29) is 0 Å². The molecule has 1 aliphatic rings. The van der Waals surface area contributed by atoms with Crippen molar-refractivity contribution in [1.29, 1.82) is 0 Å². The fourth-order valence-corrected chi connectivity index (χ4v) is 4.05. The van der Waals surface area contributed by atoms with Crippen LogP contribution in [-0.4, -0.2) is 27.5 Å². The number of hydrogen-bond donors (Lipinski definition) is 2. The molecule has 4 nitrogen and oxygen atoms in total. The smallest absolute Gasteiger partial charge is 0.241 e. The van der Waals surface area contributed by atoms with E-state index in [0.717, 1.165) is 22.3 Å². The molecule has 0 spiro atoms. The minimum Gasteiger partial charge on any atom is -0.313 e. The molecule has 1 aromatic rings. The van der Waals surface area contributed by atoms with Crippen molar-refractivity contribution in [3.8, 4) is 0 Å². The van der Waals surface area contributed by atoms with Gasteiger partial charge in [0.15, 0.2) is 0 Å². The van der Waals surface area contributed by atoms with Crippen LogP contribution in [-0.2, 0) is 10.0 Å². The van der Waals surface area contributed by atoms with Crippen LogP contribution >= 0.6 is 0 Å². The molecule has 112 valence electrons. The summed E-state index contributed by atoms with van der Waals surface area (Å²) in [7, 11) is -3.43. The zero-order valence-corrected chi connectivity index (χ0v) is 13.5. The number of benzene rings is 1. The monoisotopic (exact) mass is 296 g/mol. The van der Waals surface area contributed by atoms with Gasteiger partial charge in [-0.3, -0.25) is 0 Å². The minimum atomic E-state index is -3.43. The molecule has 0 heterocycles. The predicted molar refractivity (Wildman–Crippen MR) is 81.6 cm³/mol. The molecule has 0 unspecified atom stereocenters. The van der Waals surface area contributed by atoms with E-state index in [1.807, 2.05) is 33.8 Å². The second kappa shape index (κ2) is 5.84. The zero-order valence-electron chi connectivity index (χ0n) is 12.7. The fraction of sp³-hybridized carbons (Fsp3) is 0.600. The lowest BCUT2D eigenvalue weighted by atomic mass is 10.0. The lowest BCUT2D eigenvalue weighted by Gasteiger charge is -2.16. The van der Waals surface area contributed by atoms with Crippen LogP contribution in [0.4, 0.5) is 0 Å². The molecule has 0 amide bonds. The van der Waals surface area contributed by atoms with Crippen LogP contribution < -0.4 is 10.0 Å². The predicted octanol–water partition coefficient (Wildman–Crippen LogP) is 1.95. The first-order valence-electron chi connectivity index (χ1n) is 7.13. The molecule has 0 aliphatic heterocycles. The lowest BCUT2D eigenvalue weighted by Crippen LogP contribution is -2.33. The van der Waals surface area contributed by atoms with Crippen molar-refractivity contribution in [1.82, 2.24) is 10.0 Å². The standard InChI is InChI=1S/C15H24N2O2S/c1-10-9-11(2)13(4)15(12(10)3)20(18,19)17-8-7-16-14-5-6-14/h9,14,16-17H,5-8H2,1-4H3. The molecule has 0 radical (unpaired) electrons. The Bertz CT molecular complexity index is 579. The van der Waals surface area contributed by atoms with Gasteiger partial charge in [0.1, 0.15) is 0 Å².